The number of sulfone groups is 1. The van der Waals surface area contributed by atoms with E-state index < -0.39 is 9.84 Å². The number of rotatable bonds is 8. The highest BCUT2D eigenvalue weighted by molar-refractivity contribution is 7.91. The van der Waals surface area contributed by atoms with E-state index in [0.717, 1.165) is 0 Å². The molecule has 1 aromatic rings. The largest absolute Gasteiger partial charge is 0.399 e. The molecule has 0 radical (unpaired) electrons. The highest BCUT2D eigenvalue weighted by Gasteiger charge is 2.18. The Labute approximate surface area is 118 Å². The molecule has 0 heterocycles. The number of nitrogens with two attached hydrogens (primary N) is 1. The Bertz CT molecular complexity index is 504. The van der Waals surface area contributed by atoms with E-state index in [9.17, 15) is 8.42 Å². The molecule has 7 heteroatoms. The molecule has 2 N–H and O–H groups in total. The number of halogens is 1. The van der Waals surface area contributed by atoms with Crippen LogP contribution in [0.1, 0.15) is 6.42 Å². The minimum Gasteiger partial charge on any atom is -0.399 e. The van der Waals surface area contributed by atoms with Crippen molar-refractivity contribution >= 4 is 27.1 Å². The zero-order valence-corrected chi connectivity index (χ0v) is 12.3. The van der Waals surface area contributed by atoms with Crippen molar-refractivity contribution in [3.05, 3.63) is 23.2 Å². The molecule has 108 valence electrons. The fourth-order valence-electron chi connectivity index (χ4n) is 1.46. The lowest BCUT2D eigenvalue weighted by Gasteiger charge is -2.08. The van der Waals surface area contributed by atoms with E-state index in [0.29, 0.717) is 31.9 Å². The molecule has 0 bridgehead atoms. The predicted molar refractivity (Wildman–Crippen MR) is 75.2 cm³/mol. The molecule has 0 saturated carbocycles. The summed E-state index contributed by atoms with van der Waals surface area (Å²) in [6.45, 7) is 1.31. The molecule has 0 atom stereocenters. The van der Waals surface area contributed by atoms with Crippen LogP contribution in [0, 0.1) is 0 Å². The van der Waals surface area contributed by atoms with Crippen molar-refractivity contribution in [1.29, 1.82) is 0 Å². The molecule has 1 rings (SSSR count). The number of methoxy groups -OCH3 is 1. The van der Waals surface area contributed by atoms with Crippen LogP contribution >= 0.6 is 11.6 Å². The summed E-state index contributed by atoms with van der Waals surface area (Å²) < 4.78 is 34.2. The van der Waals surface area contributed by atoms with Crippen molar-refractivity contribution in [3.8, 4) is 0 Å². The Balaban J connectivity index is 2.54. The Hall–Kier alpha value is -0.820. The van der Waals surface area contributed by atoms with Crippen LogP contribution in [0.2, 0.25) is 5.02 Å². The van der Waals surface area contributed by atoms with E-state index in [-0.39, 0.29) is 15.7 Å². The minimum atomic E-state index is -3.43. The second-order valence-electron chi connectivity index (χ2n) is 3.97. The average Bonchev–Trinajstić information content (AvgIpc) is 2.36. The maximum atomic E-state index is 12.1. The minimum absolute atomic E-state index is 0.0246. The van der Waals surface area contributed by atoms with Crippen LogP contribution in [-0.4, -0.2) is 41.1 Å². The normalized spacial score (nSPS) is 11.7. The third-order valence-corrected chi connectivity index (χ3v) is 4.70. The first-order valence-corrected chi connectivity index (χ1v) is 7.85. The highest BCUT2D eigenvalue weighted by Crippen LogP contribution is 2.25. The predicted octanol–water partition coefficient (Wildman–Crippen LogP) is 1.75. The summed E-state index contributed by atoms with van der Waals surface area (Å²) in [5, 5.41) is 0.189. The van der Waals surface area contributed by atoms with Gasteiger partial charge in [-0.05, 0) is 24.6 Å². The van der Waals surface area contributed by atoms with Crippen LogP contribution in [0.25, 0.3) is 0 Å². The van der Waals surface area contributed by atoms with Crippen molar-refractivity contribution in [1.82, 2.24) is 0 Å². The molecule has 0 saturated heterocycles. The molecule has 5 nitrogen and oxygen atoms in total. The maximum Gasteiger partial charge on any atom is 0.180 e. The number of anilines is 1. The Morgan fingerprint density at radius 1 is 1.26 bits per heavy atom. The molecular weight excluding hydrogens is 290 g/mol. The van der Waals surface area contributed by atoms with Gasteiger partial charge in [0.05, 0.1) is 28.9 Å². The number of ether oxygens (including phenoxy) is 2. The van der Waals surface area contributed by atoms with E-state index in [1.54, 1.807) is 13.2 Å². The van der Waals surface area contributed by atoms with Crippen LogP contribution in [0.3, 0.4) is 0 Å². The molecule has 0 aliphatic heterocycles. The molecule has 19 heavy (non-hydrogen) atoms. The van der Waals surface area contributed by atoms with Gasteiger partial charge in [-0.25, -0.2) is 8.42 Å². The highest BCUT2D eigenvalue weighted by atomic mass is 35.5. The second kappa shape index (κ2) is 7.69. The van der Waals surface area contributed by atoms with Gasteiger partial charge in [0.1, 0.15) is 0 Å². The number of nitrogen functional groups attached to an aromatic ring is 1. The van der Waals surface area contributed by atoms with Crippen molar-refractivity contribution < 1.29 is 17.9 Å². The standard InChI is InChI=1S/C12H18ClNO4S/c1-17-6-7-18-5-2-8-19(15,16)12-9-10(14)3-4-11(12)13/h3-4,9H,2,5-8,14H2,1H3. The fraction of sp³-hybridized carbons (Fsp3) is 0.500. The third kappa shape index (κ3) is 5.36. The lowest BCUT2D eigenvalue weighted by Crippen LogP contribution is -2.11. The van der Waals surface area contributed by atoms with Crippen LogP contribution in [0.5, 0.6) is 0 Å². The summed E-state index contributed by atoms with van der Waals surface area (Å²) in [5.74, 6) is -0.0246. The molecule has 0 amide bonds. The Morgan fingerprint density at radius 2 is 2.00 bits per heavy atom. The summed E-state index contributed by atoms with van der Waals surface area (Å²) in [5.41, 5.74) is 5.95. The van der Waals surface area contributed by atoms with Crippen LogP contribution in [-0.2, 0) is 19.3 Å². The molecule has 1 aromatic carbocycles. The third-order valence-electron chi connectivity index (χ3n) is 2.42. The summed E-state index contributed by atoms with van der Waals surface area (Å²) >= 11 is 5.88. The summed E-state index contributed by atoms with van der Waals surface area (Å²) in [4.78, 5) is 0.0751. The van der Waals surface area contributed by atoms with Gasteiger partial charge in [0, 0.05) is 19.4 Å². The smallest absolute Gasteiger partial charge is 0.180 e. The van der Waals surface area contributed by atoms with Crippen molar-refractivity contribution in [2.45, 2.75) is 11.3 Å². The lowest BCUT2D eigenvalue weighted by atomic mass is 10.3. The summed E-state index contributed by atoms with van der Waals surface area (Å²) in [6.07, 6.45) is 0.400. The maximum absolute atomic E-state index is 12.1. The molecule has 0 unspecified atom stereocenters. The van der Waals surface area contributed by atoms with Gasteiger partial charge in [0.25, 0.3) is 0 Å². The summed E-state index contributed by atoms with van der Waals surface area (Å²) in [6, 6.07) is 4.43. The van der Waals surface area contributed by atoms with Gasteiger partial charge >= 0.3 is 0 Å². The van der Waals surface area contributed by atoms with E-state index in [2.05, 4.69) is 0 Å². The zero-order chi connectivity index (χ0) is 14.3. The van der Waals surface area contributed by atoms with E-state index in [1.807, 2.05) is 0 Å². The number of benzene rings is 1. The van der Waals surface area contributed by atoms with Gasteiger partial charge < -0.3 is 15.2 Å². The second-order valence-corrected chi connectivity index (χ2v) is 6.45. The average molecular weight is 308 g/mol. The van der Waals surface area contributed by atoms with Crippen molar-refractivity contribution in [3.63, 3.8) is 0 Å². The monoisotopic (exact) mass is 307 g/mol. The van der Waals surface area contributed by atoms with Gasteiger partial charge in [-0.2, -0.15) is 0 Å². The van der Waals surface area contributed by atoms with Crippen LogP contribution in [0.15, 0.2) is 23.1 Å². The SMILES string of the molecule is COCCOCCCS(=O)(=O)c1cc(N)ccc1Cl. The Morgan fingerprint density at radius 3 is 2.68 bits per heavy atom. The van der Waals surface area contributed by atoms with E-state index in [1.165, 1.54) is 12.1 Å². The number of hydrogen-bond donors (Lipinski definition) is 1. The number of hydrogen-bond acceptors (Lipinski definition) is 5. The van der Waals surface area contributed by atoms with Crippen LogP contribution < -0.4 is 5.73 Å². The molecule has 0 aliphatic rings. The van der Waals surface area contributed by atoms with E-state index in [4.69, 9.17) is 26.8 Å². The zero-order valence-electron chi connectivity index (χ0n) is 10.8. The van der Waals surface area contributed by atoms with Crippen molar-refractivity contribution in [2.75, 3.05) is 38.4 Å². The molecule has 0 spiro atoms. The van der Waals surface area contributed by atoms with Gasteiger partial charge in [0.15, 0.2) is 9.84 Å². The van der Waals surface area contributed by atoms with Gasteiger partial charge in [-0.1, -0.05) is 11.6 Å². The molecule has 0 fully saturated rings. The molecule has 0 aromatic heterocycles. The first-order chi connectivity index (χ1) is 8.97. The topological polar surface area (TPSA) is 78.6 Å². The first-order valence-electron chi connectivity index (χ1n) is 5.82. The first kappa shape index (κ1) is 16.2. The lowest BCUT2D eigenvalue weighted by molar-refractivity contribution is 0.0712. The van der Waals surface area contributed by atoms with Crippen molar-refractivity contribution in [2.24, 2.45) is 0 Å². The van der Waals surface area contributed by atoms with Gasteiger partial charge in [0.2, 0.25) is 0 Å². The van der Waals surface area contributed by atoms with Crippen LogP contribution in [0.4, 0.5) is 5.69 Å². The quantitative estimate of drug-likeness (QED) is 0.585. The van der Waals surface area contributed by atoms with Gasteiger partial charge in [-0.3, -0.25) is 0 Å². The summed E-state index contributed by atoms with van der Waals surface area (Å²) in [7, 11) is -1.85. The molecular formula is C12H18ClNO4S. The van der Waals surface area contributed by atoms with E-state index >= 15 is 0 Å². The molecule has 0 aliphatic carbocycles. The van der Waals surface area contributed by atoms with Gasteiger partial charge in [-0.15, -0.1) is 0 Å². The fourth-order valence-corrected chi connectivity index (χ4v) is 3.33. The Kier molecular flexibility index (Phi) is 6.57.